The molecule has 2 N–H and O–H groups in total. The van der Waals surface area contributed by atoms with Crippen molar-refractivity contribution in [3.05, 3.63) is 70.8 Å². The number of carbonyl (C=O) groups is 1. The number of nitrogens with one attached hydrogen (secondary N) is 2. The second-order valence-corrected chi connectivity index (χ2v) is 11.0. The highest BCUT2D eigenvalue weighted by Crippen LogP contribution is 2.35. The van der Waals surface area contributed by atoms with Crippen LogP contribution in [0.15, 0.2) is 48.5 Å². The van der Waals surface area contributed by atoms with E-state index < -0.39 is 0 Å². The molecule has 1 fully saturated rings. The van der Waals surface area contributed by atoms with Crippen LogP contribution in [0.4, 0.5) is 4.79 Å². The summed E-state index contributed by atoms with van der Waals surface area (Å²) in [5, 5.41) is 6.37. The Hall–Kier alpha value is -2.33. The summed E-state index contributed by atoms with van der Waals surface area (Å²) >= 11 is 0. The van der Waals surface area contributed by atoms with Gasteiger partial charge in [0.2, 0.25) is 0 Å². The van der Waals surface area contributed by atoms with Gasteiger partial charge >= 0.3 is 6.09 Å². The Balaban J connectivity index is 1.89. The zero-order valence-corrected chi connectivity index (χ0v) is 20.8. The van der Waals surface area contributed by atoms with Gasteiger partial charge in [-0.3, -0.25) is 0 Å². The van der Waals surface area contributed by atoms with E-state index in [0.29, 0.717) is 13.1 Å². The number of ether oxygens (including phenoxy) is 1. The third-order valence-corrected chi connectivity index (χ3v) is 6.39. The number of alkyl carbamates (subject to hydrolysis) is 1. The largest absolute Gasteiger partial charge is 0.445 e. The third kappa shape index (κ3) is 5.92. The van der Waals surface area contributed by atoms with Crippen molar-refractivity contribution in [1.82, 2.24) is 10.6 Å². The molecule has 0 spiro atoms. The molecule has 4 nitrogen and oxygen atoms in total. The molecule has 1 amide bonds. The highest BCUT2D eigenvalue weighted by Gasteiger charge is 2.34. The lowest BCUT2D eigenvalue weighted by atomic mass is 9.80. The van der Waals surface area contributed by atoms with Crippen LogP contribution in [0.3, 0.4) is 0 Å². The van der Waals surface area contributed by atoms with E-state index in [4.69, 9.17) is 4.74 Å². The van der Waals surface area contributed by atoms with Gasteiger partial charge in [-0.15, -0.1) is 0 Å². The Morgan fingerprint density at radius 3 is 1.81 bits per heavy atom. The zero-order chi connectivity index (χ0) is 23.5. The summed E-state index contributed by atoms with van der Waals surface area (Å²) in [6.45, 7) is 16.6. The summed E-state index contributed by atoms with van der Waals surface area (Å²) in [5.41, 5.74) is 5.49. The van der Waals surface area contributed by atoms with Crippen molar-refractivity contribution >= 4 is 6.09 Å². The molecule has 32 heavy (non-hydrogen) atoms. The topological polar surface area (TPSA) is 50.4 Å². The second kappa shape index (κ2) is 9.66. The number of benzene rings is 2. The van der Waals surface area contributed by atoms with Gasteiger partial charge in [0.05, 0.1) is 0 Å². The SMILES string of the molecule is CCNC(=O)OC1CNC(C(c2ccc(C(C)(C)C)cc2)c2ccc(C(C)(C)C)cc2)C1. The first-order valence-corrected chi connectivity index (χ1v) is 11.9. The van der Waals surface area contributed by atoms with Gasteiger partial charge in [0.25, 0.3) is 0 Å². The van der Waals surface area contributed by atoms with E-state index >= 15 is 0 Å². The summed E-state index contributed by atoms with van der Waals surface area (Å²) in [6, 6.07) is 18.3. The average molecular weight is 437 g/mol. The van der Waals surface area contributed by atoms with Crippen molar-refractivity contribution in [1.29, 1.82) is 0 Å². The molecule has 1 saturated heterocycles. The maximum absolute atomic E-state index is 11.9. The van der Waals surface area contributed by atoms with Crippen LogP contribution in [-0.4, -0.2) is 31.3 Å². The van der Waals surface area contributed by atoms with E-state index in [1.54, 1.807) is 0 Å². The average Bonchev–Trinajstić information content (AvgIpc) is 3.15. The van der Waals surface area contributed by atoms with Crippen molar-refractivity contribution < 1.29 is 9.53 Å². The van der Waals surface area contributed by atoms with Gasteiger partial charge in [-0.25, -0.2) is 4.79 Å². The van der Waals surface area contributed by atoms with Crippen molar-refractivity contribution in [2.45, 2.75) is 83.8 Å². The van der Waals surface area contributed by atoms with Gasteiger partial charge in [0.1, 0.15) is 6.10 Å². The van der Waals surface area contributed by atoms with Gasteiger partial charge in [-0.05, 0) is 40.0 Å². The summed E-state index contributed by atoms with van der Waals surface area (Å²) < 4.78 is 5.62. The molecular weight excluding hydrogens is 396 g/mol. The molecule has 4 heteroatoms. The van der Waals surface area contributed by atoms with E-state index in [1.165, 1.54) is 22.3 Å². The monoisotopic (exact) mass is 436 g/mol. The van der Waals surface area contributed by atoms with Gasteiger partial charge < -0.3 is 15.4 Å². The van der Waals surface area contributed by atoms with Crippen molar-refractivity contribution in [2.75, 3.05) is 13.1 Å². The Labute approximate surface area is 194 Å². The molecule has 2 atom stereocenters. The summed E-state index contributed by atoms with van der Waals surface area (Å²) in [5.74, 6) is 0.195. The van der Waals surface area contributed by atoms with Gasteiger partial charge in [0.15, 0.2) is 0 Å². The first kappa shape index (κ1) is 24.3. The standard InChI is InChI=1S/C28H40N2O2/c1-8-29-26(31)32-23-17-24(30-18-23)25(19-9-13-21(14-10-19)27(2,3)4)20-11-15-22(16-12-20)28(5,6)7/h9-16,23-25,30H,8,17-18H2,1-7H3,(H,29,31). The summed E-state index contributed by atoms with van der Waals surface area (Å²) in [6.07, 6.45) is 0.349. The fourth-order valence-corrected chi connectivity index (χ4v) is 4.45. The van der Waals surface area contributed by atoms with E-state index in [-0.39, 0.29) is 35.0 Å². The molecule has 2 aromatic rings. The van der Waals surface area contributed by atoms with Gasteiger partial charge in [-0.2, -0.15) is 0 Å². The summed E-state index contributed by atoms with van der Waals surface area (Å²) in [7, 11) is 0. The Bertz CT molecular complexity index is 832. The minimum Gasteiger partial charge on any atom is -0.445 e. The maximum Gasteiger partial charge on any atom is 0.407 e. The minimum atomic E-state index is -0.333. The molecule has 2 unspecified atom stereocenters. The molecule has 0 saturated carbocycles. The molecule has 0 radical (unpaired) electrons. The Morgan fingerprint density at radius 2 is 1.41 bits per heavy atom. The van der Waals surface area contributed by atoms with Gasteiger partial charge in [-0.1, -0.05) is 90.1 Å². The predicted octanol–water partition coefficient (Wildman–Crippen LogP) is 5.89. The van der Waals surface area contributed by atoms with Crippen molar-refractivity contribution in [3.63, 3.8) is 0 Å². The highest BCUT2D eigenvalue weighted by atomic mass is 16.6. The van der Waals surface area contributed by atoms with Crippen LogP contribution in [0.2, 0.25) is 0 Å². The van der Waals surface area contributed by atoms with E-state index in [1.807, 2.05) is 6.92 Å². The third-order valence-electron chi connectivity index (χ3n) is 6.39. The number of rotatable bonds is 5. The van der Waals surface area contributed by atoms with E-state index in [2.05, 4.69) is 101 Å². The molecule has 0 aromatic heterocycles. The van der Waals surface area contributed by atoms with Crippen molar-refractivity contribution in [2.24, 2.45) is 0 Å². The number of carbonyl (C=O) groups excluding carboxylic acids is 1. The maximum atomic E-state index is 11.9. The molecule has 3 rings (SSSR count). The molecule has 1 aliphatic rings. The lowest BCUT2D eigenvalue weighted by molar-refractivity contribution is 0.106. The van der Waals surface area contributed by atoms with Crippen LogP contribution in [0, 0.1) is 0 Å². The molecule has 1 aliphatic heterocycles. The first-order valence-electron chi connectivity index (χ1n) is 11.9. The van der Waals surface area contributed by atoms with Crippen LogP contribution in [-0.2, 0) is 15.6 Å². The quantitative estimate of drug-likeness (QED) is 0.614. The Kier molecular flexibility index (Phi) is 7.34. The number of hydrogen-bond acceptors (Lipinski definition) is 3. The number of hydrogen-bond donors (Lipinski definition) is 2. The fourth-order valence-electron chi connectivity index (χ4n) is 4.45. The lowest BCUT2D eigenvalue weighted by Crippen LogP contribution is -2.30. The second-order valence-electron chi connectivity index (χ2n) is 11.0. The molecule has 0 bridgehead atoms. The van der Waals surface area contributed by atoms with Gasteiger partial charge in [0, 0.05) is 31.5 Å². The normalized spacial score (nSPS) is 19.2. The molecule has 0 aliphatic carbocycles. The van der Waals surface area contributed by atoms with E-state index in [0.717, 1.165) is 6.42 Å². The van der Waals surface area contributed by atoms with Crippen molar-refractivity contribution in [3.8, 4) is 0 Å². The van der Waals surface area contributed by atoms with Crippen LogP contribution >= 0.6 is 0 Å². The molecule has 2 aromatic carbocycles. The summed E-state index contributed by atoms with van der Waals surface area (Å²) in [4.78, 5) is 11.9. The molecular formula is C28H40N2O2. The lowest BCUT2D eigenvalue weighted by Gasteiger charge is -2.27. The zero-order valence-electron chi connectivity index (χ0n) is 20.8. The van der Waals surface area contributed by atoms with Crippen LogP contribution in [0.5, 0.6) is 0 Å². The molecule has 174 valence electrons. The fraction of sp³-hybridized carbons (Fsp3) is 0.536. The minimum absolute atomic E-state index is 0.114. The Morgan fingerprint density at radius 1 is 0.938 bits per heavy atom. The van der Waals surface area contributed by atoms with Crippen LogP contribution in [0.1, 0.15) is 83.1 Å². The molecule has 1 heterocycles. The van der Waals surface area contributed by atoms with E-state index in [9.17, 15) is 4.79 Å². The highest BCUT2D eigenvalue weighted by molar-refractivity contribution is 5.67. The van der Waals surface area contributed by atoms with Crippen LogP contribution < -0.4 is 10.6 Å². The predicted molar refractivity (Wildman–Crippen MR) is 132 cm³/mol. The number of amides is 1. The smallest absolute Gasteiger partial charge is 0.407 e. The van der Waals surface area contributed by atoms with Crippen LogP contribution in [0.25, 0.3) is 0 Å². The first-order chi connectivity index (χ1) is 15.0.